The van der Waals surface area contributed by atoms with Crippen molar-refractivity contribution in [3.05, 3.63) is 51.2 Å². The number of nitrogens with one attached hydrogen (secondary N) is 2. The van der Waals surface area contributed by atoms with E-state index in [1.807, 2.05) is 44.2 Å². The predicted molar refractivity (Wildman–Crippen MR) is 133 cm³/mol. The minimum atomic E-state index is -0.596. The molecule has 1 saturated heterocycles. The number of likely N-dealkylation sites (tertiary alicyclic amines) is 1. The normalized spacial score (nSPS) is 14.1. The second kappa shape index (κ2) is 11.5. The number of para-hydroxylation sites is 1. The van der Waals surface area contributed by atoms with Crippen LogP contribution in [0.1, 0.15) is 39.5 Å². The summed E-state index contributed by atoms with van der Waals surface area (Å²) in [5, 5.41) is 2.92. The van der Waals surface area contributed by atoms with Gasteiger partial charge in [0, 0.05) is 37.8 Å². The fourth-order valence-corrected chi connectivity index (χ4v) is 4.19. The molecule has 2 heterocycles. The highest BCUT2D eigenvalue weighted by Gasteiger charge is 2.29. The van der Waals surface area contributed by atoms with Crippen LogP contribution < -0.4 is 27.2 Å². The molecule has 1 aromatic carbocycles. The molecule has 0 spiro atoms. The van der Waals surface area contributed by atoms with E-state index in [-0.39, 0.29) is 35.8 Å². The van der Waals surface area contributed by atoms with Gasteiger partial charge in [0.1, 0.15) is 11.5 Å². The molecule has 1 fully saturated rings. The van der Waals surface area contributed by atoms with Gasteiger partial charge >= 0.3 is 5.69 Å². The first-order valence-electron chi connectivity index (χ1n) is 11.9. The van der Waals surface area contributed by atoms with E-state index in [4.69, 9.17) is 5.73 Å². The monoisotopic (exact) mass is 470 g/mol. The second-order valence-electron chi connectivity index (χ2n) is 8.52. The number of rotatable bonds is 9. The van der Waals surface area contributed by atoms with Crippen molar-refractivity contribution in [2.24, 2.45) is 5.92 Å². The van der Waals surface area contributed by atoms with Crippen molar-refractivity contribution in [2.75, 3.05) is 42.1 Å². The molecule has 0 radical (unpaired) electrons. The number of nitrogens with zero attached hydrogens (tertiary/aromatic N) is 3. The smallest absolute Gasteiger partial charge is 0.330 e. The molecule has 10 heteroatoms. The molecular formula is C24H34N6O4. The number of hydrogen-bond acceptors (Lipinski definition) is 6. The molecule has 10 nitrogen and oxygen atoms in total. The number of carbonyl (C=O) groups excluding carboxylic acids is 2. The van der Waals surface area contributed by atoms with E-state index in [1.54, 1.807) is 9.80 Å². The number of carbonyl (C=O) groups is 2. The van der Waals surface area contributed by atoms with Gasteiger partial charge in [-0.15, -0.1) is 0 Å². The Hall–Kier alpha value is -3.56. The predicted octanol–water partition coefficient (Wildman–Crippen LogP) is 1.62. The molecular weight excluding hydrogens is 436 g/mol. The Bertz CT molecular complexity index is 1100. The van der Waals surface area contributed by atoms with Gasteiger partial charge in [0.05, 0.1) is 6.54 Å². The van der Waals surface area contributed by atoms with Crippen molar-refractivity contribution >= 4 is 29.0 Å². The maximum absolute atomic E-state index is 13.0. The first-order chi connectivity index (χ1) is 16.3. The summed E-state index contributed by atoms with van der Waals surface area (Å²) in [6, 6.07) is 9.30. The summed E-state index contributed by atoms with van der Waals surface area (Å²) in [6.07, 6.45) is 2.76. The molecule has 0 atom stereocenters. The molecule has 0 aliphatic carbocycles. The van der Waals surface area contributed by atoms with Crippen LogP contribution in [0.4, 0.5) is 17.2 Å². The van der Waals surface area contributed by atoms with E-state index >= 15 is 0 Å². The van der Waals surface area contributed by atoms with Crippen LogP contribution in [-0.4, -0.2) is 52.4 Å². The average Bonchev–Trinajstić information content (AvgIpc) is 2.83. The van der Waals surface area contributed by atoms with E-state index in [9.17, 15) is 19.2 Å². The van der Waals surface area contributed by atoms with Gasteiger partial charge in [0.2, 0.25) is 11.8 Å². The maximum atomic E-state index is 13.0. The SMILES string of the molecule is CCCCn1c(N)c(N(CC)CC(=O)N2CCC(C(=O)Nc3ccccc3)CC2)c(=O)[nH]c1=O. The van der Waals surface area contributed by atoms with E-state index in [1.165, 1.54) is 4.57 Å². The van der Waals surface area contributed by atoms with Crippen molar-refractivity contribution in [2.45, 2.75) is 46.1 Å². The Balaban J connectivity index is 1.63. The highest BCUT2D eigenvalue weighted by Crippen LogP contribution is 2.21. The van der Waals surface area contributed by atoms with Crippen LogP contribution in [0.25, 0.3) is 0 Å². The Kier molecular flexibility index (Phi) is 8.50. The molecule has 184 valence electrons. The van der Waals surface area contributed by atoms with Gasteiger partial charge < -0.3 is 20.9 Å². The Morgan fingerprint density at radius 2 is 1.82 bits per heavy atom. The standard InChI is InChI=1S/C24H34N6O4/c1-3-5-13-30-21(25)20(23(33)27-24(30)34)28(4-2)16-19(31)29-14-11-17(12-15-29)22(32)26-18-9-7-6-8-10-18/h6-10,17H,3-5,11-16,25H2,1-2H3,(H,26,32)(H,27,33,34). The van der Waals surface area contributed by atoms with Crippen LogP contribution in [0.5, 0.6) is 0 Å². The van der Waals surface area contributed by atoms with Crippen molar-refractivity contribution < 1.29 is 9.59 Å². The van der Waals surface area contributed by atoms with Gasteiger partial charge in [-0.05, 0) is 38.3 Å². The summed E-state index contributed by atoms with van der Waals surface area (Å²) in [6.45, 7) is 5.50. The largest absolute Gasteiger partial charge is 0.383 e. The summed E-state index contributed by atoms with van der Waals surface area (Å²) in [7, 11) is 0. The van der Waals surface area contributed by atoms with Gasteiger partial charge in [-0.3, -0.25) is 23.9 Å². The Labute approximate surface area is 198 Å². The van der Waals surface area contributed by atoms with Crippen LogP contribution in [0.15, 0.2) is 39.9 Å². The number of amides is 2. The van der Waals surface area contributed by atoms with E-state index < -0.39 is 11.2 Å². The highest BCUT2D eigenvalue weighted by molar-refractivity contribution is 5.92. The third-order valence-corrected chi connectivity index (χ3v) is 6.23. The van der Waals surface area contributed by atoms with Gasteiger partial charge in [-0.1, -0.05) is 31.5 Å². The summed E-state index contributed by atoms with van der Waals surface area (Å²) < 4.78 is 1.35. The van der Waals surface area contributed by atoms with Crippen molar-refractivity contribution in [3.8, 4) is 0 Å². The first-order valence-corrected chi connectivity index (χ1v) is 11.9. The van der Waals surface area contributed by atoms with Crippen molar-refractivity contribution in [1.29, 1.82) is 0 Å². The lowest BCUT2D eigenvalue weighted by Gasteiger charge is -2.33. The van der Waals surface area contributed by atoms with E-state index in [2.05, 4.69) is 10.3 Å². The number of H-pyrrole nitrogens is 1. The van der Waals surface area contributed by atoms with Crippen LogP contribution in [0, 0.1) is 5.92 Å². The van der Waals surface area contributed by atoms with Crippen LogP contribution in [0.2, 0.25) is 0 Å². The summed E-state index contributed by atoms with van der Waals surface area (Å²) in [5.74, 6) is -0.267. The molecule has 0 bridgehead atoms. The maximum Gasteiger partial charge on any atom is 0.330 e. The molecule has 2 amide bonds. The number of likely N-dealkylation sites (N-methyl/N-ethyl adjacent to an activating group) is 1. The third-order valence-electron chi connectivity index (χ3n) is 6.23. The number of hydrogen-bond donors (Lipinski definition) is 3. The number of aromatic amines is 1. The number of nitrogen functional groups attached to an aromatic ring is 1. The Morgan fingerprint density at radius 3 is 2.44 bits per heavy atom. The topological polar surface area (TPSA) is 134 Å². The zero-order valence-electron chi connectivity index (χ0n) is 19.9. The molecule has 4 N–H and O–H groups in total. The molecule has 1 aliphatic rings. The van der Waals surface area contributed by atoms with Crippen LogP contribution in [-0.2, 0) is 16.1 Å². The second-order valence-corrected chi connectivity index (χ2v) is 8.52. The third kappa shape index (κ3) is 5.86. The summed E-state index contributed by atoms with van der Waals surface area (Å²) >= 11 is 0. The van der Waals surface area contributed by atoms with Crippen LogP contribution in [0.3, 0.4) is 0 Å². The minimum absolute atomic E-state index is 0.0311. The molecule has 0 unspecified atom stereocenters. The molecule has 0 saturated carbocycles. The van der Waals surface area contributed by atoms with Crippen molar-refractivity contribution in [1.82, 2.24) is 14.5 Å². The highest BCUT2D eigenvalue weighted by atomic mass is 16.2. The van der Waals surface area contributed by atoms with Gasteiger partial charge in [-0.25, -0.2) is 4.79 Å². The van der Waals surface area contributed by atoms with Crippen LogP contribution >= 0.6 is 0 Å². The lowest BCUT2D eigenvalue weighted by molar-refractivity contribution is -0.133. The number of anilines is 3. The fraction of sp³-hybridized carbons (Fsp3) is 0.500. The number of aromatic nitrogens is 2. The van der Waals surface area contributed by atoms with Gasteiger partial charge in [0.15, 0.2) is 0 Å². The van der Waals surface area contributed by atoms with Gasteiger partial charge in [-0.2, -0.15) is 0 Å². The summed E-state index contributed by atoms with van der Waals surface area (Å²) in [4.78, 5) is 56.0. The van der Waals surface area contributed by atoms with Crippen molar-refractivity contribution in [3.63, 3.8) is 0 Å². The number of piperidine rings is 1. The average molecular weight is 471 g/mol. The number of unbranched alkanes of at least 4 members (excludes halogenated alkanes) is 1. The molecule has 3 rings (SSSR count). The summed E-state index contributed by atoms with van der Waals surface area (Å²) in [5.41, 5.74) is 5.96. The first kappa shape index (κ1) is 25.1. The van der Waals surface area contributed by atoms with E-state index in [0.717, 1.165) is 18.5 Å². The minimum Gasteiger partial charge on any atom is -0.383 e. The number of nitrogens with two attached hydrogens (primary N) is 1. The molecule has 34 heavy (non-hydrogen) atoms. The number of benzene rings is 1. The molecule has 2 aromatic rings. The quantitative estimate of drug-likeness (QED) is 0.510. The van der Waals surface area contributed by atoms with Gasteiger partial charge in [0.25, 0.3) is 5.56 Å². The fourth-order valence-electron chi connectivity index (χ4n) is 4.19. The van der Waals surface area contributed by atoms with E-state index in [0.29, 0.717) is 39.0 Å². The lowest BCUT2D eigenvalue weighted by atomic mass is 9.95. The zero-order valence-corrected chi connectivity index (χ0v) is 19.9. The Morgan fingerprint density at radius 1 is 1.15 bits per heavy atom. The zero-order chi connectivity index (χ0) is 24.7. The molecule has 1 aromatic heterocycles. The molecule has 1 aliphatic heterocycles. The lowest BCUT2D eigenvalue weighted by Crippen LogP contribution is -2.47.